The van der Waals surface area contributed by atoms with Gasteiger partial charge in [-0.3, -0.25) is 4.72 Å². The van der Waals surface area contributed by atoms with E-state index < -0.39 is 15.8 Å². The Morgan fingerprint density at radius 2 is 1.60 bits per heavy atom. The zero-order valence-electron chi connectivity index (χ0n) is 16.3. The molecule has 0 saturated carbocycles. The van der Waals surface area contributed by atoms with E-state index in [1.165, 1.54) is 10.7 Å². The molecule has 4 rings (SSSR count). The monoisotopic (exact) mass is 421 g/mol. The fourth-order valence-electron chi connectivity index (χ4n) is 3.11. The van der Waals surface area contributed by atoms with Gasteiger partial charge in [0.15, 0.2) is 0 Å². The molecular formula is C23H20FN3O2S. The molecule has 0 fully saturated rings. The third-order valence-corrected chi connectivity index (χ3v) is 6.11. The molecule has 0 aliphatic heterocycles. The average molecular weight is 421 g/mol. The van der Waals surface area contributed by atoms with E-state index in [1.807, 2.05) is 37.3 Å². The Morgan fingerprint density at radius 3 is 2.27 bits per heavy atom. The molecule has 152 valence electrons. The molecule has 5 nitrogen and oxygen atoms in total. The number of aromatic nitrogens is 2. The number of benzene rings is 3. The molecule has 0 spiro atoms. The molecule has 0 amide bonds. The first-order valence-electron chi connectivity index (χ1n) is 9.50. The highest BCUT2D eigenvalue weighted by Gasteiger charge is 2.20. The molecule has 0 unspecified atom stereocenters. The lowest BCUT2D eigenvalue weighted by Crippen LogP contribution is -2.16. The highest BCUT2D eigenvalue weighted by molar-refractivity contribution is 7.92. The highest BCUT2D eigenvalue weighted by Crippen LogP contribution is 2.27. The number of sulfonamides is 1. The van der Waals surface area contributed by atoms with Gasteiger partial charge in [0.05, 0.1) is 10.6 Å². The van der Waals surface area contributed by atoms with E-state index in [9.17, 15) is 12.8 Å². The molecule has 0 saturated heterocycles. The summed E-state index contributed by atoms with van der Waals surface area (Å²) >= 11 is 0. The Labute approximate surface area is 174 Å². The van der Waals surface area contributed by atoms with Crippen molar-refractivity contribution in [3.05, 3.63) is 96.3 Å². The van der Waals surface area contributed by atoms with E-state index >= 15 is 0 Å². The van der Waals surface area contributed by atoms with Crippen LogP contribution >= 0.6 is 0 Å². The second-order valence-electron chi connectivity index (χ2n) is 6.75. The summed E-state index contributed by atoms with van der Waals surface area (Å²) in [6, 6.07) is 23.7. The molecule has 0 bridgehead atoms. The minimum Gasteiger partial charge on any atom is -0.263 e. The Hall–Kier alpha value is -3.45. The molecule has 7 heteroatoms. The van der Waals surface area contributed by atoms with Crippen LogP contribution in [-0.2, 0) is 16.4 Å². The van der Waals surface area contributed by atoms with E-state index in [2.05, 4.69) is 9.82 Å². The van der Waals surface area contributed by atoms with Crippen molar-refractivity contribution in [3.8, 4) is 16.9 Å². The Morgan fingerprint density at radius 1 is 0.933 bits per heavy atom. The Bertz CT molecular complexity index is 1270. The summed E-state index contributed by atoms with van der Waals surface area (Å²) in [5, 5.41) is 4.47. The van der Waals surface area contributed by atoms with Crippen LogP contribution in [0.2, 0.25) is 0 Å². The fraction of sp³-hybridized carbons (Fsp3) is 0.0870. The number of rotatable bonds is 6. The van der Waals surface area contributed by atoms with Gasteiger partial charge in [0.1, 0.15) is 17.3 Å². The van der Waals surface area contributed by atoms with Crippen molar-refractivity contribution in [2.45, 2.75) is 18.2 Å². The summed E-state index contributed by atoms with van der Waals surface area (Å²) in [7, 11) is -3.88. The second-order valence-corrected chi connectivity index (χ2v) is 8.43. The topological polar surface area (TPSA) is 64.0 Å². The molecule has 0 radical (unpaired) electrons. The first-order valence-corrected chi connectivity index (χ1v) is 11.0. The molecule has 0 aliphatic carbocycles. The maximum atomic E-state index is 14.5. The maximum absolute atomic E-state index is 14.5. The standard InChI is InChI=1S/C23H20FN3O2S/c1-2-17-12-14-19(15-13-17)30(28,29)26-23-16-21(18-8-4-3-5-9-18)25-27(23)22-11-7-6-10-20(22)24/h3-16,26H,2H2,1H3. The summed E-state index contributed by atoms with van der Waals surface area (Å²) in [5.74, 6) is -0.355. The van der Waals surface area contributed by atoms with Gasteiger partial charge in [-0.25, -0.2) is 17.5 Å². The van der Waals surface area contributed by atoms with Gasteiger partial charge in [-0.15, -0.1) is 0 Å². The minimum atomic E-state index is -3.88. The number of nitrogens with zero attached hydrogens (tertiary/aromatic N) is 2. The predicted molar refractivity (Wildman–Crippen MR) is 116 cm³/mol. The third-order valence-electron chi connectivity index (χ3n) is 4.74. The number of anilines is 1. The zero-order valence-corrected chi connectivity index (χ0v) is 17.1. The van der Waals surface area contributed by atoms with Crippen LogP contribution in [0, 0.1) is 5.82 Å². The molecule has 0 atom stereocenters. The summed E-state index contributed by atoms with van der Waals surface area (Å²) in [6.45, 7) is 2.00. The van der Waals surface area contributed by atoms with Crippen molar-refractivity contribution in [3.63, 3.8) is 0 Å². The Kier molecular flexibility index (Phi) is 5.37. The van der Waals surface area contributed by atoms with Crippen molar-refractivity contribution in [2.24, 2.45) is 0 Å². The van der Waals surface area contributed by atoms with Crippen LogP contribution in [0.25, 0.3) is 16.9 Å². The molecule has 3 aromatic carbocycles. The lowest BCUT2D eigenvalue weighted by atomic mass is 10.2. The van der Waals surface area contributed by atoms with E-state index in [4.69, 9.17) is 0 Å². The summed E-state index contributed by atoms with van der Waals surface area (Å²) in [6.07, 6.45) is 0.814. The molecular weight excluding hydrogens is 401 g/mol. The number of hydrogen-bond acceptors (Lipinski definition) is 3. The third kappa shape index (κ3) is 3.97. The molecule has 1 N–H and O–H groups in total. The number of para-hydroxylation sites is 1. The van der Waals surface area contributed by atoms with Gasteiger partial charge in [0, 0.05) is 11.6 Å². The summed E-state index contributed by atoms with van der Waals surface area (Å²) < 4.78 is 44.2. The van der Waals surface area contributed by atoms with Crippen LogP contribution < -0.4 is 4.72 Å². The van der Waals surface area contributed by atoms with Crippen LogP contribution in [0.3, 0.4) is 0 Å². The minimum absolute atomic E-state index is 0.127. The van der Waals surface area contributed by atoms with Crippen LogP contribution in [0.5, 0.6) is 0 Å². The van der Waals surface area contributed by atoms with Gasteiger partial charge in [0.25, 0.3) is 10.0 Å². The lowest BCUT2D eigenvalue weighted by molar-refractivity contribution is 0.599. The van der Waals surface area contributed by atoms with Crippen molar-refractivity contribution < 1.29 is 12.8 Å². The van der Waals surface area contributed by atoms with Crippen LogP contribution in [0.4, 0.5) is 10.2 Å². The molecule has 1 heterocycles. The van der Waals surface area contributed by atoms with Gasteiger partial charge in [-0.05, 0) is 36.2 Å². The van der Waals surface area contributed by atoms with Gasteiger partial charge >= 0.3 is 0 Å². The van der Waals surface area contributed by atoms with Crippen molar-refractivity contribution in [1.29, 1.82) is 0 Å². The van der Waals surface area contributed by atoms with Crippen molar-refractivity contribution in [2.75, 3.05) is 4.72 Å². The van der Waals surface area contributed by atoms with E-state index in [-0.39, 0.29) is 16.4 Å². The largest absolute Gasteiger partial charge is 0.263 e. The number of nitrogens with one attached hydrogen (secondary N) is 1. The number of aryl methyl sites for hydroxylation is 1. The predicted octanol–water partition coefficient (Wildman–Crippen LogP) is 5.04. The summed E-state index contributed by atoms with van der Waals surface area (Å²) in [4.78, 5) is 0.127. The molecule has 0 aliphatic rings. The van der Waals surface area contributed by atoms with Gasteiger partial charge in [-0.1, -0.05) is 61.5 Å². The van der Waals surface area contributed by atoms with Gasteiger partial charge in [-0.2, -0.15) is 5.10 Å². The fourth-order valence-corrected chi connectivity index (χ4v) is 4.14. The van der Waals surface area contributed by atoms with Crippen LogP contribution in [0.15, 0.2) is 89.8 Å². The van der Waals surface area contributed by atoms with Gasteiger partial charge in [0.2, 0.25) is 0 Å². The quantitative estimate of drug-likeness (QED) is 0.474. The molecule has 4 aromatic rings. The smallest absolute Gasteiger partial charge is 0.263 e. The van der Waals surface area contributed by atoms with E-state index in [0.29, 0.717) is 5.69 Å². The second kappa shape index (κ2) is 8.12. The van der Waals surface area contributed by atoms with E-state index in [0.717, 1.165) is 17.5 Å². The molecule has 30 heavy (non-hydrogen) atoms. The first-order chi connectivity index (χ1) is 14.5. The van der Waals surface area contributed by atoms with Crippen LogP contribution in [-0.4, -0.2) is 18.2 Å². The van der Waals surface area contributed by atoms with E-state index in [1.54, 1.807) is 48.5 Å². The zero-order chi connectivity index (χ0) is 21.1. The van der Waals surface area contributed by atoms with Gasteiger partial charge < -0.3 is 0 Å². The number of halogens is 1. The van der Waals surface area contributed by atoms with Crippen molar-refractivity contribution >= 4 is 15.8 Å². The highest BCUT2D eigenvalue weighted by atomic mass is 32.2. The first kappa shape index (κ1) is 19.8. The Balaban J connectivity index is 1.79. The normalized spacial score (nSPS) is 11.4. The lowest BCUT2D eigenvalue weighted by Gasteiger charge is -2.11. The van der Waals surface area contributed by atoms with Crippen LogP contribution in [0.1, 0.15) is 12.5 Å². The number of hydrogen-bond donors (Lipinski definition) is 1. The summed E-state index contributed by atoms with van der Waals surface area (Å²) in [5.41, 5.74) is 2.51. The average Bonchev–Trinajstić information content (AvgIpc) is 3.17. The SMILES string of the molecule is CCc1ccc(S(=O)(=O)Nc2cc(-c3ccccc3)nn2-c2ccccc2F)cc1. The molecule has 1 aromatic heterocycles. The maximum Gasteiger partial charge on any atom is 0.263 e. The van der Waals surface area contributed by atoms with Crippen molar-refractivity contribution in [1.82, 2.24) is 9.78 Å².